The lowest BCUT2D eigenvalue weighted by molar-refractivity contribution is 0.282. The van der Waals surface area contributed by atoms with Crippen molar-refractivity contribution in [1.29, 1.82) is 0 Å². The van der Waals surface area contributed by atoms with Gasteiger partial charge in [0.1, 0.15) is 5.76 Å². The second-order valence-corrected chi connectivity index (χ2v) is 13.6. The number of aliphatic hydroxyl groups is 1. The molecule has 0 bridgehead atoms. The highest BCUT2D eigenvalue weighted by Gasteiger charge is 2.46. The van der Waals surface area contributed by atoms with E-state index in [-0.39, 0.29) is 17.3 Å². The molecule has 8 heteroatoms. The van der Waals surface area contributed by atoms with E-state index in [1.807, 2.05) is 25.5 Å². The van der Waals surface area contributed by atoms with Crippen LogP contribution in [0.2, 0.25) is 0 Å². The lowest BCUT2D eigenvalue weighted by Gasteiger charge is -2.33. The van der Waals surface area contributed by atoms with E-state index in [0.717, 1.165) is 53.9 Å². The third-order valence-electron chi connectivity index (χ3n) is 10.3. The number of fused-ring (bicyclic) bond motifs is 1. The Morgan fingerprint density at radius 1 is 1.07 bits per heavy atom. The number of allylic oxidation sites excluding steroid dienone is 3. The zero-order valence-electron chi connectivity index (χ0n) is 24.7. The molecule has 2 fully saturated rings. The smallest absolute Gasteiger partial charge is 0.129 e. The molecule has 0 amide bonds. The molecular weight excluding hydrogens is 522 g/mol. The molecule has 42 heavy (non-hydrogen) atoms. The minimum absolute atomic E-state index is 0.203. The fourth-order valence-electron chi connectivity index (χ4n) is 7.81. The molecule has 0 spiro atoms. The molecule has 8 rings (SSSR count). The minimum Gasteiger partial charge on any atom is -0.507 e. The predicted molar refractivity (Wildman–Crippen MR) is 162 cm³/mol. The van der Waals surface area contributed by atoms with Gasteiger partial charge in [-0.25, -0.2) is 4.68 Å². The van der Waals surface area contributed by atoms with E-state index in [1.165, 1.54) is 42.5 Å². The number of hydrogen-bond acceptors (Lipinski definition) is 5. The maximum atomic E-state index is 11.2. The maximum absolute atomic E-state index is 11.2. The first-order valence-electron chi connectivity index (χ1n) is 15.6. The molecule has 2 saturated carbocycles. The summed E-state index contributed by atoms with van der Waals surface area (Å²) < 4.78 is 6.23. The normalized spacial score (nSPS) is 27.1. The van der Waals surface area contributed by atoms with Crippen molar-refractivity contribution in [2.75, 3.05) is 0 Å². The number of hydrogen-bond donors (Lipinski definition) is 1. The standard InChI is InChI=1S/C34H39N7O/c1-34(2)14-13-24-18-35-41(33(24)34)26-12-6-10-23(16-26)22-9-5-11-25(15-22)40-31(28-17-27(28)30-20-39(3)38-37-30)29(19-36-40)32(42)21-7-4-8-21/h4-5,7,9,11,15,18-20,23,26-28,42H,6,8,10,12-14,16-17H2,1-3H3/b32-21-/t23-,26+,27?,28?/m1/s1. The molecular formula is C34H39N7O. The summed E-state index contributed by atoms with van der Waals surface area (Å²) in [6.07, 6.45) is 18.9. The zero-order valence-corrected chi connectivity index (χ0v) is 24.7. The van der Waals surface area contributed by atoms with Crippen LogP contribution in [0, 0.1) is 0 Å². The number of benzene rings is 1. The quantitative estimate of drug-likeness (QED) is 0.261. The van der Waals surface area contributed by atoms with Gasteiger partial charge in [-0.3, -0.25) is 9.36 Å². The summed E-state index contributed by atoms with van der Waals surface area (Å²) >= 11 is 0. The van der Waals surface area contributed by atoms with E-state index in [2.05, 4.69) is 70.1 Å². The molecule has 4 aliphatic carbocycles. The summed E-state index contributed by atoms with van der Waals surface area (Å²) in [7, 11) is 1.91. The molecule has 216 valence electrons. The summed E-state index contributed by atoms with van der Waals surface area (Å²) in [6, 6.07) is 9.39. The van der Waals surface area contributed by atoms with Crippen molar-refractivity contribution in [3.63, 3.8) is 0 Å². The fraction of sp³-hybridized carbons (Fsp3) is 0.471. The van der Waals surface area contributed by atoms with Crippen molar-refractivity contribution < 1.29 is 5.11 Å². The molecule has 0 saturated heterocycles. The first-order valence-corrected chi connectivity index (χ1v) is 15.6. The molecule has 8 nitrogen and oxygen atoms in total. The average molecular weight is 562 g/mol. The Morgan fingerprint density at radius 3 is 2.74 bits per heavy atom. The van der Waals surface area contributed by atoms with Gasteiger partial charge in [-0.1, -0.05) is 49.8 Å². The van der Waals surface area contributed by atoms with E-state index in [1.54, 1.807) is 4.68 Å². The van der Waals surface area contributed by atoms with Crippen molar-refractivity contribution in [2.24, 2.45) is 7.05 Å². The van der Waals surface area contributed by atoms with Gasteiger partial charge in [0, 0.05) is 36.2 Å². The van der Waals surface area contributed by atoms with Crippen molar-refractivity contribution >= 4 is 5.76 Å². The van der Waals surface area contributed by atoms with Gasteiger partial charge in [0.25, 0.3) is 0 Å². The summed E-state index contributed by atoms with van der Waals surface area (Å²) in [5.74, 6) is 1.35. The van der Waals surface area contributed by atoms with Crippen LogP contribution in [0.15, 0.2) is 60.6 Å². The van der Waals surface area contributed by atoms with Crippen LogP contribution in [-0.2, 0) is 18.9 Å². The van der Waals surface area contributed by atoms with Crippen molar-refractivity contribution in [1.82, 2.24) is 34.6 Å². The van der Waals surface area contributed by atoms with Crippen LogP contribution in [0.5, 0.6) is 0 Å². The molecule has 1 N–H and O–H groups in total. The molecule has 2 unspecified atom stereocenters. The van der Waals surface area contributed by atoms with Crippen LogP contribution < -0.4 is 0 Å². The highest BCUT2D eigenvalue weighted by Crippen LogP contribution is 2.56. The summed E-state index contributed by atoms with van der Waals surface area (Å²) in [6.45, 7) is 4.75. The number of nitrogens with zero attached hydrogens (tertiary/aromatic N) is 7. The van der Waals surface area contributed by atoms with Crippen molar-refractivity contribution in [3.05, 3.63) is 94.4 Å². The molecule has 4 aromatic rings. The topological polar surface area (TPSA) is 86.6 Å². The van der Waals surface area contributed by atoms with Crippen molar-refractivity contribution in [3.8, 4) is 5.69 Å². The first kappa shape index (κ1) is 25.7. The second kappa shape index (κ2) is 9.54. The van der Waals surface area contributed by atoms with E-state index >= 15 is 0 Å². The van der Waals surface area contributed by atoms with E-state index in [9.17, 15) is 5.11 Å². The fourth-order valence-corrected chi connectivity index (χ4v) is 7.81. The van der Waals surface area contributed by atoms with Crippen LogP contribution in [-0.4, -0.2) is 39.7 Å². The van der Waals surface area contributed by atoms with Crippen LogP contribution in [0.25, 0.3) is 11.4 Å². The van der Waals surface area contributed by atoms with Gasteiger partial charge in [0.2, 0.25) is 0 Å². The van der Waals surface area contributed by atoms with Crippen LogP contribution >= 0.6 is 0 Å². The maximum Gasteiger partial charge on any atom is 0.129 e. The van der Waals surface area contributed by atoms with Gasteiger partial charge in [-0.15, -0.1) is 5.10 Å². The lowest BCUT2D eigenvalue weighted by atomic mass is 9.80. The SMILES string of the molecule is Cn1cc(C2CC2c2c(/C(O)=C3\C=CC3)cnn2-c2cccc([C@@H]3CCC[C@H](n4ncc5c4C(C)(C)CC5)C3)c2)nn1. The second-order valence-electron chi connectivity index (χ2n) is 13.6. The first-order chi connectivity index (χ1) is 20.4. The molecule has 1 aromatic carbocycles. The summed E-state index contributed by atoms with van der Waals surface area (Å²) in [4.78, 5) is 0. The Bertz CT molecular complexity index is 1730. The third kappa shape index (κ3) is 4.17. The van der Waals surface area contributed by atoms with Crippen LogP contribution in [0.3, 0.4) is 0 Å². The van der Waals surface area contributed by atoms with Crippen LogP contribution in [0.4, 0.5) is 0 Å². The third-order valence-corrected chi connectivity index (χ3v) is 10.3. The molecule has 0 radical (unpaired) electrons. The van der Waals surface area contributed by atoms with E-state index in [4.69, 9.17) is 10.2 Å². The number of rotatable bonds is 6. The summed E-state index contributed by atoms with van der Waals surface area (Å²) in [5.41, 5.74) is 9.44. The summed E-state index contributed by atoms with van der Waals surface area (Å²) in [5, 5.41) is 29.6. The lowest BCUT2D eigenvalue weighted by Crippen LogP contribution is -2.25. The van der Waals surface area contributed by atoms with E-state index in [0.29, 0.717) is 17.7 Å². The Kier molecular flexibility index (Phi) is 5.85. The van der Waals surface area contributed by atoms with Gasteiger partial charge in [-0.05, 0) is 79.7 Å². The molecule has 0 aliphatic heterocycles. The van der Waals surface area contributed by atoms with E-state index < -0.39 is 0 Å². The molecule has 4 aliphatic rings. The largest absolute Gasteiger partial charge is 0.507 e. The Morgan fingerprint density at radius 2 is 1.95 bits per heavy atom. The number of aliphatic hydroxyl groups excluding tert-OH is 1. The molecule has 4 atom stereocenters. The number of aryl methyl sites for hydroxylation is 2. The predicted octanol–water partition coefficient (Wildman–Crippen LogP) is 6.82. The minimum atomic E-state index is 0.203. The molecule has 3 aromatic heterocycles. The van der Waals surface area contributed by atoms with Gasteiger partial charge in [0.05, 0.1) is 41.1 Å². The Hall–Kier alpha value is -3.94. The highest BCUT2D eigenvalue weighted by molar-refractivity contribution is 5.69. The monoisotopic (exact) mass is 561 g/mol. The Balaban J connectivity index is 1.12. The van der Waals surface area contributed by atoms with Gasteiger partial charge < -0.3 is 5.11 Å². The Labute approximate surface area is 246 Å². The van der Waals surface area contributed by atoms with Gasteiger partial charge >= 0.3 is 0 Å². The van der Waals surface area contributed by atoms with Crippen molar-refractivity contribution in [2.45, 2.75) is 94.4 Å². The highest BCUT2D eigenvalue weighted by atomic mass is 16.3. The number of aromatic nitrogens is 7. The van der Waals surface area contributed by atoms with Gasteiger partial charge in [0.15, 0.2) is 0 Å². The van der Waals surface area contributed by atoms with Gasteiger partial charge in [-0.2, -0.15) is 10.2 Å². The average Bonchev–Trinajstić information content (AvgIpc) is 3.33. The van der Waals surface area contributed by atoms with Crippen LogP contribution in [0.1, 0.15) is 116 Å². The zero-order chi connectivity index (χ0) is 28.6. The molecule has 3 heterocycles.